The molecule has 0 saturated heterocycles. The quantitative estimate of drug-likeness (QED) is 0.692. The number of rotatable bonds is 3. The first-order valence-electron chi connectivity index (χ1n) is 4.66. The zero-order valence-electron chi connectivity index (χ0n) is 8.50. The SMILES string of the molecule is CC(=O)[C@@H](C)Cc1ccccc1C. The van der Waals surface area contributed by atoms with E-state index in [1.54, 1.807) is 6.92 Å². The first-order chi connectivity index (χ1) is 6.11. The molecule has 0 N–H and O–H groups in total. The molecule has 1 nitrogen and oxygen atoms in total. The maximum atomic E-state index is 11.1. The van der Waals surface area contributed by atoms with E-state index in [9.17, 15) is 4.79 Å². The number of hydrogen-bond donors (Lipinski definition) is 0. The summed E-state index contributed by atoms with van der Waals surface area (Å²) in [6.45, 7) is 5.72. The van der Waals surface area contributed by atoms with Gasteiger partial charge in [-0.15, -0.1) is 0 Å². The average molecular weight is 176 g/mol. The molecule has 70 valence electrons. The molecule has 1 atom stereocenters. The van der Waals surface area contributed by atoms with Gasteiger partial charge in [-0.1, -0.05) is 31.2 Å². The van der Waals surface area contributed by atoms with Crippen molar-refractivity contribution in [3.8, 4) is 0 Å². The van der Waals surface area contributed by atoms with Gasteiger partial charge in [-0.05, 0) is 31.4 Å². The zero-order chi connectivity index (χ0) is 9.84. The van der Waals surface area contributed by atoms with E-state index in [1.165, 1.54) is 11.1 Å². The molecule has 0 saturated carbocycles. The Morgan fingerprint density at radius 2 is 2.00 bits per heavy atom. The lowest BCUT2D eigenvalue weighted by atomic mass is 9.95. The second-order valence-corrected chi connectivity index (χ2v) is 3.64. The molecule has 0 aliphatic heterocycles. The molecule has 1 aromatic carbocycles. The first-order valence-corrected chi connectivity index (χ1v) is 4.66. The summed E-state index contributed by atoms with van der Waals surface area (Å²) in [4.78, 5) is 11.1. The molecule has 0 unspecified atom stereocenters. The van der Waals surface area contributed by atoms with Crippen LogP contribution < -0.4 is 0 Å². The lowest BCUT2D eigenvalue weighted by Crippen LogP contribution is -2.10. The van der Waals surface area contributed by atoms with Crippen LogP contribution in [0.2, 0.25) is 0 Å². The second-order valence-electron chi connectivity index (χ2n) is 3.64. The third-order valence-corrected chi connectivity index (χ3v) is 2.48. The van der Waals surface area contributed by atoms with E-state index in [1.807, 2.05) is 19.1 Å². The van der Waals surface area contributed by atoms with Crippen LogP contribution in [0.5, 0.6) is 0 Å². The Morgan fingerprint density at radius 1 is 1.38 bits per heavy atom. The summed E-state index contributed by atoms with van der Waals surface area (Å²) >= 11 is 0. The summed E-state index contributed by atoms with van der Waals surface area (Å²) in [5.74, 6) is 0.407. The minimum absolute atomic E-state index is 0.140. The van der Waals surface area contributed by atoms with E-state index in [4.69, 9.17) is 0 Å². The minimum Gasteiger partial charge on any atom is -0.300 e. The summed E-state index contributed by atoms with van der Waals surface area (Å²) < 4.78 is 0. The third kappa shape index (κ3) is 2.69. The van der Waals surface area contributed by atoms with Gasteiger partial charge in [0.25, 0.3) is 0 Å². The fraction of sp³-hybridized carbons (Fsp3) is 0.417. The van der Waals surface area contributed by atoms with Crippen LogP contribution >= 0.6 is 0 Å². The summed E-state index contributed by atoms with van der Waals surface area (Å²) in [6, 6.07) is 8.23. The molecule has 0 heterocycles. The normalized spacial score (nSPS) is 12.5. The number of carbonyl (C=O) groups excluding carboxylic acids is 1. The Hall–Kier alpha value is -1.11. The highest BCUT2D eigenvalue weighted by molar-refractivity contribution is 5.78. The van der Waals surface area contributed by atoms with Crippen molar-refractivity contribution in [3.63, 3.8) is 0 Å². The smallest absolute Gasteiger partial charge is 0.132 e. The van der Waals surface area contributed by atoms with Crippen molar-refractivity contribution in [3.05, 3.63) is 35.4 Å². The number of ketones is 1. The Kier molecular flexibility index (Phi) is 3.24. The molecule has 0 aromatic heterocycles. The minimum atomic E-state index is 0.140. The number of hydrogen-bond acceptors (Lipinski definition) is 1. The maximum absolute atomic E-state index is 11.1. The van der Waals surface area contributed by atoms with Gasteiger partial charge >= 0.3 is 0 Å². The van der Waals surface area contributed by atoms with Crippen molar-refractivity contribution in [2.75, 3.05) is 0 Å². The lowest BCUT2D eigenvalue weighted by molar-refractivity contribution is -0.120. The van der Waals surface area contributed by atoms with Gasteiger partial charge < -0.3 is 0 Å². The van der Waals surface area contributed by atoms with E-state index in [0.717, 1.165) is 6.42 Å². The monoisotopic (exact) mass is 176 g/mol. The molecule has 0 radical (unpaired) electrons. The standard InChI is InChI=1S/C12H16O/c1-9-6-4-5-7-12(9)8-10(2)11(3)13/h4-7,10H,8H2,1-3H3/t10-/m0/s1. The largest absolute Gasteiger partial charge is 0.300 e. The van der Waals surface area contributed by atoms with Crippen LogP contribution in [0.15, 0.2) is 24.3 Å². The molecular weight excluding hydrogens is 160 g/mol. The van der Waals surface area contributed by atoms with Crippen molar-refractivity contribution in [2.45, 2.75) is 27.2 Å². The molecule has 0 amide bonds. The van der Waals surface area contributed by atoms with Crippen molar-refractivity contribution in [1.29, 1.82) is 0 Å². The van der Waals surface area contributed by atoms with E-state index < -0.39 is 0 Å². The predicted molar refractivity (Wildman–Crippen MR) is 54.7 cm³/mol. The summed E-state index contributed by atoms with van der Waals surface area (Å²) in [5, 5.41) is 0. The molecule has 0 fully saturated rings. The zero-order valence-corrected chi connectivity index (χ0v) is 8.50. The number of benzene rings is 1. The van der Waals surface area contributed by atoms with Crippen LogP contribution in [0.25, 0.3) is 0 Å². The Bertz CT molecular complexity index is 302. The van der Waals surface area contributed by atoms with Crippen LogP contribution in [-0.4, -0.2) is 5.78 Å². The van der Waals surface area contributed by atoms with Gasteiger partial charge in [0.1, 0.15) is 5.78 Å². The van der Waals surface area contributed by atoms with E-state index >= 15 is 0 Å². The topological polar surface area (TPSA) is 17.1 Å². The summed E-state index contributed by atoms with van der Waals surface area (Å²) in [6.07, 6.45) is 0.863. The van der Waals surface area contributed by atoms with Crippen LogP contribution in [0.1, 0.15) is 25.0 Å². The van der Waals surface area contributed by atoms with Gasteiger partial charge in [0, 0.05) is 5.92 Å². The number of aryl methyl sites for hydroxylation is 1. The van der Waals surface area contributed by atoms with Gasteiger partial charge in [-0.3, -0.25) is 4.79 Å². The van der Waals surface area contributed by atoms with E-state index in [-0.39, 0.29) is 11.7 Å². The Morgan fingerprint density at radius 3 is 2.54 bits per heavy atom. The molecule has 1 rings (SSSR count). The lowest BCUT2D eigenvalue weighted by Gasteiger charge is -2.09. The van der Waals surface area contributed by atoms with Crippen molar-refractivity contribution >= 4 is 5.78 Å². The number of carbonyl (C=O) groups is 1. The molecular formula is C12H16O. The average Bonchev–Trinajstić information content (AvgIpc) is 2.08. The Balaban J connectivity index is 2.74. The summed E-state index contributed by atoms with van der Waals surface area (Å²) in [7, 11) is 0. The summed E-state index contributed by atoms with van der Waals surface area (Å²) in [5.41, 5.74) is 2.56. The van der Waals surface area contributed by atoms with Crippen molar-refractivity contribution in [1.82, 2.24) is 0 Å². The van der Waals surface area contributed by atoms with Crippen LogP contribution in [0.4, 0.5) is 0 Å². The highest BCUT2D eigenvalue weighted by atomic mass is 16.1. The highest BCUT2D eigenvalue weighted by Gasteiger charge is 2.09. The Labute approximate surface area is 79.8 Å². The van der Waals surface area contributed by atoms with Gasteiger partial charge in [0.15, 0.2) is 0 Å². The highest BCUT2D eigenvalue weighted by Crippen LogP contribution is 2.13. The van der Waals surface area contributed by atoms with Crippen molar-refractivity contribution in [2.24, 2.45) is 5.92 Å². The van der Waals surface area contributed by atoms with Crippen LogP contribution in [0, 0.1) is 12.8 Å². The molecule has 0 spiro atoms. The molecule has 1 heteroatoms. The van der Waals surface area contributed by atoms with Crippen LogP contribution in [-0.2, 0) is 11.2 Å². The predicted octanol–water partition coefficient (Wildman–Crippen LogP) is 2.76. The van der Waals surface area contributed by atoms with Gasteiger partial charge in [-0.25, -0.2) is 0 Å². The first kappa shape index (κ1) is 9.97. The fourth-order valence-electron chi connectivity index (χ4n) is 1.31. The molecule has 0 bridgehead atoms. The maximum Gasteiger partial charge on any atom is 0.132 e. The molecule has 0 aliphatic carbocycles. The molecule has 0 aliphatic rings. The van der Waals surface area contributed by atoms with E-state index in [2.05, 4.69) is 19.1 Å². The fourth-order valence-corrected chi connectivity index (χ4v) is 1.31. The van der Waals surface area contributed by atoms with Crippen LogP contribution in [0.3, 0.4) is 0 Å². The van der Waals surface area contributed by atoms with Crippen molar-refractivity contribution < 1.29 is 4.79 Å². The molecule has 1 aromatic rings. The van der Waals surface area contributed by atoms with E-state index in [0.29, 0.717) is 0 Å². The third-order valence-electron chi connectivity index (χ3n) is 2.48. The second kappa shape index (κ2) is 4.22. The number of Topliss-reactive ketones (excluding diaryl/α,β-unsaturated/α-hetero) is 1. The molecule has 13 heavy (non-hydrogen) atoms. The van der Waals surface area contributed by atoms with Gasteiger partial charge in [-0.2, -0.15) is 0 Å². The van der Waals surface area contributed by atoms with Gasteiger partial charge in [0.05, 0.1) is 0 Å². The van der Waals surface area contributed by atoms with Gasteiger partial charge in [0.2, 0.25) is 0 Å².